The van der Waals surface area contributed by atoms with Gasteiger partial charge in [-0.1, -0.05) is 19.8 Å². The van der Waals surface area contributed by atoms with E-state index in [0.717, 1.165) is 25.1 Å². The number of aryl methyl sites for hydroxylation is 1. The predicted molar refractivity (Wildman–Crippen MR) is 58.8 cm³/mol. The number of aromatic nitrogens is 2. The highest BCUT2D eigenvalue weighted by Gasteiger charge is 2.37. The highest BCUT2D eigenvalue weighted by molar-refractivity contribution is 5.99. The first kappa shape index (κ1) is 10.4. The van der Waals surface area contributed by atoms with E-state index >= 15 is 0 Å². The van der Waals surface area contributed by atoms with Crippen LogP contribution in [0.2, 0.25) is 0 Å². The summed E-state index contributed by atoms with van der Waals surface area (Å²) in [4.78, 5) is 12.3. The summed E-state index contributed by atoms with van der Waals surface area (Å²) in [5.74, 6) is 0.277. The average molecular weight is 206 g/mol. The van der Waals surface area contributed by atoms with Gasteiger partial charge in [0.1, 0.15) is 5.69 Å². The topological polar surface area (TPSA) is 34.9 Å². The highest BCUT2D eigenvalue weighted by atomic mass is 16.1. The molecule has 1 fully saturated rings. The zero-order chi connectivity index (χ0) is 10.9. The molecule has 1 aromatic heterocycles. The average Bonchev–Trinajstić information content (AvgIpc) is 2.85. The third-order valence-electron chi connectivity index (χ3n) is 3.50. The molecule has 0 atom stereocenters. The first-order valence-corrected chi connectivity index (χ1v) is 5.74. The van der Waals surface area contributed by atoms with Crippen LogP contribution in [0.3, 0.4) is 0 Å². The number of carbonyl (C=O) groups excluding carboxylic acids is 1. The molecule has 0 bridgehead atoms. The molecule has 15 heavy (non-hydrogen) atoms. The highest BCUT2D eigenvalue weighted by Crippen LogP contribution is 2.40. The molecule has 1 aromatic rings. The smallest absolute Gasteiger partial charge is 0.186 e. The number of Topliss-reactive ketones (excluding diaryl/α,β-unsaturated/α-hetero) is 1. The summed E-state index contributed by atoms with van der Waals surface area (Å²) in [6.07, 6.45) is 6.14. The van der Waals surface area contributed by atoms with Crippen LogP contribution in [-0.2, 0) is 6.54 Å². The maximum atomic E-state index is 12.3. The van der Waals surface area contributed by atoms with Crippen LogP contribution in [-0.4, -0.2) is 15.6 Å². The van der Waals surface area contributed by atoms with E-state index in [1.165, 1.54) is 12.8 Å². The summed E-state index contributed by atoms with van der Waals surface area (Å²) in [6, 6.07) is 1.84. The molecule has 0 aromatic carbocycles. The molecular formula is C12H18N2O. The molecule has 1 heterocycles. The number of carbonyl (C=O) groups is 1. The first-order valence-electron chi connectivity index (χ1n) is 5.74. The lowest BCUT2D eigenvalue weighted by atomic mass is 9.82. The maximum Gasteiger partial charge on any atom is 0.186 e. The SMILES string of the molecule is CCn1nccc1C(=O)C1(C)CCCC1. The second-order valence-corrected chi connectivity index (χ2v) is 4.63. The third-order valence-corrected chi connectivity index (χ3v) is 3.50. The van der Waals surface area contributed by atoms with Crippen molar-refractivity contribution in [3.05, 3.63) is 18.0 Å². The molecule has 0 unspecified atom stereocenters. The minimum Gasteiger partial charge on any atom is -0.292 e. The monoisotopic (exact) mass is 206 g/mol. The minimum atomic E-state index is -0.132. The van der Waals surface area contributed by atoms with Crippen LogP contribution in [0.15, 0.2) is 12.3 Å². The molecule has 3 heteroatoms. The fourth-order valence-electron chi connectivity index (χ4n) is 2.47. The second-order valence-electron chi connectivity index (χ2n) is 4.63. The fraction of sp³-hybridized carbons (Fsp3) is 0.667. The number of nitrogens with zero attached hydrogens (tertiary/aromatic N) is 2. The van der Waals surface area contributed by atoms with E-state index in [4.69, 9.17) is 0 Å². The van der Waals surface area contributed by atoms with E-state index < -0.39 is 0 Å². The van der Waals surface area contributed by atoms with Crippen LogP contribution >= 0.6 is 0 Å². The summed E-state index contributed by atoms with van der Waals surface area (Å²) in [5, 5.41) is 4.15. The number of hydrogen-bond donors (Lipinski definition) is 0. The van der Waals surface area contributed by atoms with E-state index in [0.29, 0.717) is 0 Å². The van der Waals surface area contributed by atoms with Crippen molar-refractivity contribution in [2.75, 3.05) is 0 Å². The van der Waals surface area contributed by atoms with Crippen molar-refractivity contribution in [1.29, 1.82) is 0 Å². The van der Waals surface area contributed by atoms with E-state index in [2.05, 4.69) is 12.0 Å². The van der Waals surface area contributed by atoms with Crippen molar-refractivity contribution in [3.63, 3.8) is 0 Å². The van der Waals surface area contributed by atoms with Crippen LogP contribution < -0.4 is 0 Å². The second kappa shape index (κ2) is 3.80. The Bertz CT molecular complexity index is 361. The molecule has 1 aliphatic carbocycles. The van der Waals surface area contributed by atoms with Crippen LogP contribution in [0.25, 0.3) is 0 Å². The predicted octanol–water partition coefficient (Wildman–Crippen LogP) is 2.67. The van der Waals surface area contributed by atoms with E-state index in [-0.39, 0.29) is 11.2 Å². The van der Waals surface area contributed by atoms with E-state index in [1.54, 1.807) is 10.9 Å². The number of rotatable bonds is 3. The van der Waals surface area contributed by atoms with Crippen molar-refractivity contribution >= 4 is 5.78 Å². The molecular weight excluding hydrogens is 188 g/mol. The lowest BCUT2D eigenvalue weighted by Crippen LogP contribution is -2.26. The Kier molecular flexibility index (Phi) is 2.63. The molecule has 0 aliphatic heterocycles. The van der Waals surface area contributed by atoms with Crippen molar-refractivity contribution in [2.24, 2.45) is 5.41 Å². The fourth-order valence-corrected chi connectivity index (χ4v) is 2.47. The molecule has 2 rings (SSSR count). The molecule has 0 N–H and O–H groups in total. The van der Waals surface area contributed by atoms with Crippen molar-refractivity contribution < 1.29 is 4.79 Å². The van der Waals surface area contributed by atoms with Crippen molar-refractivity contribution in [3.8, 4) is 0 Å². The lowest BCUT2D eigenvalue weighted by molar-refractivity contribution is 0.0811. The van der Waals surface area contributed by atoms with Gasteiger partial charge in [-0.3, -0.25) is 9.48 Å². The summed E-state index contributed by atoms with van der Waals surface area (Å²) >= 11 is 0. The van der Waals surface area contributed by atoms with Gasteiger partial charge in [0.2, 0.25) is 0 Å². The molecule has 3 nitrogen and oxygen atoms in total. The summed E-state index contributed by atoms with van der Waals surface area (Å²) in [5.41, 5.74) is 0.648. The Hall–Kier alpha value is -1.12. The summed E-state index contributed by atoms with van der Waals surface area (Å²) in [6.45, 7) is 4.88. The van der Waals surface area contributed by atoms with Gasteiger partial charge < -0.3 is 0 Å². The van der Waals surface area contributed by atoms with Crippen molar-refractivity contribution in [1.82, 2.24) is 9.78 Å². The quantitative estimate of drug-likeness (QED) is 0.713. The Balaban J connectivity index is 2.27. The first-order chi connectivity index (χ1) is 7.17. The van der Waals surface area contributed by atoms with Gasteiger partial charge in [-0.2, -0.15) is 5.10 Å². The Morgan fingerprint density at radius 3 is 2.80 bits per heavy atom. The summed E-state index contributed by atoms with van der Waals surface area (Å²) in [7, 11) is 0. The van der Waals surface area contributed by atoms with Crippen LogP contribution in [0.1, 0.15) is 50.0 Å². The zero-order valence-corrected chi connectivity index (χ0v) is 9.49. The van der Waals surface area contributed by atoms with Gasteiger partial charge in [0.25, 0.3) is 0 Å². The molecule has 0 spiro atoms. The van der Waals surface area contributed by atoms with E-state index in [1.807, 2.05) is 13.0 Å². The van der Waals surface area contributed by atoms with Gasteiger partial charge >= 0.3 is 0 Å². The molecule has 0 radical (unpaired) electrons. The van der Waals surface area contributed by atoms with Gasteiger partial charge in [-0.25, -0.2) is 0 Å². The van der Waals surface area contributed by atoms with Crippen LogP contribution in [0.4, 0.5) is 0 Å². The third kappa shape index (κ3) is 1.71. The number of ketones is 1. The Morgan fingerprint density at radius 2 is 2.20 bits per heavy atom. The van der Waals surface area contributed by atoms with Gasteiger partial charge in [0, 0.05) is 18.2 Å². The minimum absolute atomic E-state index is 0.132. The largest absolute Gasteiger partial charge is 0.292 e. The molecule has 1 saturated carbocycles. The normalized spacial score (nSPS) is 19.3. The standard InChI is InChI=1S/C12H18N2O/c1-3-14-10(6-9-13-14)11(15)12(2)7-4-5-8-12/h6,9H,3-5,7-8H2,1-2H3. The maximum absolute atomic E-state index is 12.3. The molecule has 0 amide bonds. The molecule has 1 aliphatic rings. The molecule has 0 saturated heterocycles. The number of hydrogen-bond acceptors (Lipinski definition) is 2. The lowest BCUT2D eigenvalue weighted by Gasteiger charge is -2.21. The van der Waals surface area contributed by atoms with E-state index in [9.17, 15) is 4.79 Å². The van der Waals surface area contributed by atoms with Crippen LogP contribution in [0, 0.1) is 5.41 Å². The van der Waals surface area contributed by atoms with Gasteiger partial charge in [-0.15, -0.1) is 0 Å². The van der Waals surface area contributed by atoms with Gasteiger partial charge in [0.05, 0.1) is 0 Å². The summed E-state index contributed by atoms with van der Waals surface area (Å²) < 4.78 is 1.80. The van der Waals surface area contributed by atoms with Crippen LogP contribution in [0.5, 0.6) is 0 Å². The Morgan fingerprint density at radius 1 is 1.53 bits per heavy atom. The van der Waals surface area contributed by atoms with Gasteiger partial charge in [0.15, 0.2) is 5.78 Å². The molecule has 82 valence electrons. The zero-order valence-electron chi connectivity index (χ0n) is 9.49. The Labute approximate surface area is 90.5 Å². The van der Waals surface area contributed by atoms with Crippen molar-refractivity contribution in [2.45, 2.75) is 46.1 Å². The van der Waals surface area contributed by atoms with Gasteiger partial charge in [-0.05, 0) is 25.8 Å².